The summed E-state index contributed by atoms with van der Waals surface area (Å²) in [5.41, 5.74) is 8.47. The van der Waals surface area contributed by atoms with Gasteiger partial charge in [0, 0.05) is 24.2 Å². The van der Waals surface area contributed by atoms with E-state index in [0.29, 0.717) is 45.0 Å². The maximum atomic E-state index is 16.0. The molecule has 2 aromatic heterocycles. The van der Waals surface area contributed by atoms with Gasteiger partial charge in [0.25, 0.3) is 0 Å². The number of fused-ring (bicyclic) bond motifs is 1. The van der Waals surface area contributed by atoms with Crippen LogP contribution in [0.1, 0.15) is 37.5 Å². The van der Waals surface area contributed by atoms with Crippen molar-refractivity contribution in [3.05, 3.63) is 120 Å². The largest absolute Gasteiger partial charge is 0.497 e. The zero-order valence-corrected chi connectivity index (χ0v) is 39.3. The predicted octanol–water partition coefficient (Wildman–Crippen LogP) is 5.59. The molecule has 1 amide bonds. The smallest absolute Gasteiger partial charge is 0.407 e. The lowest BCUT2D eigenvalue weighted by molar-refractivity contribution is 0.0755. The molecule has 0 unspecified atom stereocenters. The van der Waals surface area contributed by atoms with Gasteiger partial charge in [0.05, 0.1) is 55.1 Å². The number of aromatic amines is 1. The second-order valence-corrected chi connectivity index (χ2v) is 20.4. The van der Waals surface area contributed by atoms with Gasteiger partial charge >= 0.3 is 6.09 Å². The highest BCUT2D eigenvalue weighted by atomic mass is 32.2. The molecule has 0 bridgehead atoms. The number of aliphatic hydroxyl groups excluding tert-OH is 1. The van der Waals surface area contributed by atoms with Gasteiger partial charge in [-0.15, -0.1) is 10.2 Å². The molecule has 0 aliphatic rings. The number of alkyl carbamates (subject to hydrolysis) is 1. The summed E-state index contributed by atoms with van der Waals surface area (Å²) in [6.07, 6.45) is -2.67. The number of imidazole rings is 1. The fraction of sp³-hybridized carbons (Fsp3) is 0.283. The number of nitrogens with two attached hydrogens (primary N) is 1. The lowest BCUT2D eigenvalue weighted by Crippen LogP contribution is -2.42. The van der Waals surface area contributed by atoms with Crippen molar-refractivity contribution in [3.8, 4) is 39.8 Å². The summed E-state index contributed by atoms with van der Waals surface area (Å²) in [6.45, 7) is 4.04. The molecule has 7 rings (SSSR count). The number of methoxy groups -OCH3 is 3. The van der Waals surface area contributed by atoms with Crippen molar-refractivity contribution in [1.29, 1.82) is 0 Å². The molecule has 19 nitrogen and oxygen atoms in total. The van der Waals surface area contributed by atoms with Crippen LogP contribution in [0.25, 0.3) is 33.5 Å². The van der Waals surface area contributed by atoms with E-state index in [0.717, 1.165) is 15.9 Å². The summed E-state index contributed by atoms with van der Waals surface area (Å²) in [5.74, 6) is 0.491. The van der Waals surface area contributed by atoms with Gasteiger partial charge in [-0.2, -0.15) is 9.10 Å². The fourth-order valence-electron chi connectivity index (χ4n) is 7.21. The minimum absolute atomic E-state index is 0.0807. The number of benzene rings is 5. The summed E-state index contributed by atoms with van der Waals surface area (Å²) >= 11 is 0. The van der Waals surface area contributed by atoms with Crippen LogP contribution in [0.5, 0.6) is 17.2 Å². The number of carbonyl (C=O) groups excluding carboxylic acids is 1. The number of sulfonamides is 1. The number of hydrogen-bond acceptors (Lipinski definition) is 15. The lowest BCUT2D eigenvalue weighted by Gasteiger charge is -2.26. The summed E-state index contributed by atoms with van der Waals surface area (Å²) in [4.78, 5) is 19.9. The summed E-state index contributed by atoms with van der Waals surface area (Å²) < 4.78 is 84.2. The fourth-order valence-corrected chi connectivity index (χ4v) is 11.0. The topological polar surface area (TPSA) is 256 Å². The number of nitrogens with one attached hydrogen (secondary N) is 2. The average Bonchev–Trinajstić information content (AvgIpc) is 3.93. The van der Waals surface area contributed by atoms with E-state index in [9.17, 15) is 18.3 Å². The maximum Gasteiger partial charge on any atom is 0.407 e. The number of anilines is 1. The first kappa shape index (κ1) is 47.9. The molecule has 1 atom stereocenters. The number of para-hydroxylation sites is 1. The number of H-pyrrole nitrogens is 1. The summed E-state index contributed by atoms with van der Waals surface area (Å²) in [5, 5.41) is 27.1. The van der Waals surface area contributed by atoms with Crippen molar-refractivity contribution in [3.63, 3.8) is 0 Å². The molecule has 0 aliphatic carbocycles. The molecule has 7 aromatic rings. The Morgan fingerprint density at radius 1 is 0.806 bits per heavy atom. The molecule has 0 saturated carbocycles. The number of carbonyl (C=O) groups is 1. The highest BCUT2D eigenvalue weighted by Crippen LogP contribution is 2.43. The maximum absolute atomic E-state index is 16.0. The van der Waals surface area contributed by atoms with Crippen LogP contribution in [0, 0.1) is 0 Å². The molecule has 0 radical (unpaired) electrons. The predicted molar refractivity (Wildman–Crippen MR) is 250 cm³/mol. The summed E-state index contributed by atoms with van der Waals surface area (Å²) in [6, 6.07) is 28.4. The van der Waals surface area contributed by atoms with E-state index in [1.807, 2.05) is 0 Å². The first-order chi connectivity index (χ1) is 31.9. The second-order valence-electron chi connectivity index (χ2n) is 16.5. The van der Waals surface area contributed by atoms with Crippen molar-refractivity contribution in [2.24, 2.45) is 0 Å². The van der Waals surface area contributed by atoms with E-state index in [1.54, 1.807) is 119 Å². The van der Waals surface area contributed by atoms with E-state index < -0.39 is 59.7 Å². The molecule has 0 spiro atoms. The van der Waals surface area contributed by atoms with E-state index in [4.69, 9.17) is 24.7 Å². The van der Waals surface area contributed by atoms with Gasteiger partial charge in [0.1, 0.15) is 34.9 Å². The molecule has 2 heterocycles. The van der Waals surface area contributed by atoms with Gasteiger partial charge in [-0.25, -0.2) is 26.6 Å². The number of aromatic nitrogens is 6. The average molecular weight is 954 g/mol. The number of aliphatic hydroxyl groups is 1. The number of tetrazole rings is 1. The summed E-state index contributed by atoms with van der Waals surface area (Å²) in [7, 11) is -5.25. The molecule has 67 heavy (non-hydrogen) atoms. The van der Waals surface area contributed by atoms with Gasteiger partial charge < -0.3 is 40.1 Å². The number of amides is 1. The van der Waals surface area contributed by atoms with E-state index >= 15 is 8.42 Å². The first-order valence-electron chi connectivity index (χ1n) is 20.8. The van der Waals surface area contributed by atoms with E-state index in [2.05, 4.69) is 30.7 Å². The third kappa shape index (κ3) is 11.3. The van der Waals surface area contributed by atoms with E-state index in [1.165, 1.54) is 25.1 Å². The van der Waals surface area contributed by atoms with Crippen LogP contribution in [0.4, 0.5) is 10.7 Å². The molecule has 5 N–H and O–H groups in total. The second kappa shape index (κ2) is 19.8. The standard InChI is InChI=1S/C46H51N9O10S2/c1-46(2,3)50-45(57)65-27-32(56)28-66(58,59)39-23-22-36(37-8-7-9-38-41(37)49-44(47)48-38)40(43-51-53-55(52-43)26-31-14-20-35(64-6)21-15-31)42(39)67(60,61)54(24-29-10-16-33(62-4)17-11-29)25-30-12-18-34(63-5)19-13-30/h7-23,32,56H,24-28H2,1-6H3,(H,50,57)(H3,47,48,49)/t32-/m0/s1. The monoisotopic (exact) mass is 953 g/mol. The number of nitrogens with zero attached hydrogens (tertiary/aromatic N) is 6. The Balaban J connectivity index is 1.47. The van der Waals surface area contributed by atoms with Crippen LogP contribution in [0.15, 0.2) is 113 Å². The minimum Gasteiger partial charge on any atom is -0.497 e. The van der Waals surface area contributed by atoms with Gasteiger partial charge in [-0.1, -0.05) is 54.6 Å². The quantitative estimate of drug-likeness (QED) is 0.0818. The molecule has 0 fully saturated rings. The molecular formula is C46H51N9O10S2. The zero-order chi connectivity index (χ0) is 48.1. The number of nitrogen functional groups attached to an aromatic ring is 1. The lowest BCUT2D eigenvalue weighted by atomic mass is 9.98. The van der Waals surface area contributed by atoms with Crippen molar-refractivity contribution in [2.75, 3.05) is 39.4 Å². The van der Waals surface area contributed by atoms with Crippen molar-refractivity contribution >= 4 is 42.9 Å². The third-order valence-electron chi connectivity index (χ3n) is 10.4. The van der Waals surface area contributed by atoms with Crippen LogP contribution in [0.3, 0.4) is 0 Å². The van der Waals surface area contributed by atoms with Gasteiger partial charge in [0.15, 0.2) is 15.8 Å². The Morgan fingerprint density at radius 2 is 1.37 bits per heavy atom. The van der Waals surface area contributed by atoms with Crippen molar-refractivity contribution < 1.29 is 45.7 Å². The highest BCUT2D eigenvalue weighted by molar-refractivity contribution is 7.93. The Labute approximate surface area is 387 Å². The van der Waals surface area contributed by atoms with Crippen LogP contribution in [-0.4, -0.2) is 108 Å². The van der Waals surface area contributed by atoms with Crippen molar-refractivity contribution in [2.45, 2.75) is 61.8 Å². The SMILES string of the molecule is COc1ccc(CN(Cc2ccc(OC)cc2)S(=O)(=O)c2c(S(=O)(=O)C[C@@H](O)COC(=O)NC(C)(C)C)ccc(-c3cccc4[nH]c(N)nc34)c2-c2nnn(Cc3ccc(OC)cc3)n2)cc1. The molecule has 5 aromatic carbocycles. The minimum atomic E-state index is -5.01. The number of sulfone groups is 1. The van der Waals surface area contributed by atoms with E-state index in [-0.39, 0.29) is 42.5 Å². The molecule has 0 saturated heterocycles. The van der Waals surface area contributed by atoms with Crippen LogP contribution >= 0.6 is 0 Å². The van der Waals surface area contributed by atoms with Crippen LogP contribution < -0.4 is 25.3 Å². The van der Waals surface area contributed by atoms with Crippen LogP contribution in [-0.2, 0) is 44.2 Å². The Morgan fingerprint density at radius 3 is 1.93 bits per heavy atom. The zero-order valence-electron chi connectivity index (χ0n) is 37.6. The number of hydrogen-bond donors (Lipinski definition) is 4. The number of rotatable bonds is 18. The molecule has 21 heteroatoms. The molecule has 352 valence electrons. The van der Waals surface area contributed by atoms with Crippen LogP contribution in [0.2, 0.25) is 0 Å². The Hall–Kier alpha value is -7.07. The number of ether oxygens (including phenoxy) is 4. The normalized spacial score (nSPS) is 12.5. The highest BCUT2D eigenvalue weighted by Gasteiger charge is 2.39. The Bertz CT molecular complexity index is 3030. The van der Waals surface area contributed by atoms with Gasteiger partial charge in [-0.3, -0.25) is 0 Å². The van der Waals surface area contributed by atoms with Crippen molar-refractivity contribution in [1.82, 2.24) is 39.8 Å². The van der Waals surface area contributed by atoms with Gasteiger partial charge in [0.2, 0.25) is 15.8 Å². The first-order valence-corrected chi connectivity index (χ1v) is 23.9. The molecule has 0 aliphatic heterocycles. The Kier molecular flexibility index (Phi) is 14.2. The molecular weight excluding hydrogens is 903 g/mol. The third-order valence-corrected chi connectivity index (χ3v) is 14.2. The van der Waals surface area contributed by atoms with Gasteiger partial charge in [-0.05, 0) is 96.8 Å².